The van der Waals surface area contributed by atoms with Crippen LogP contribution in [-0.4, -0.2) is 16.5 Å². The Hall–Kier alpha value is -0.0800. The summed E-state index contributed by atoms with van der Waals surface area (Å²) in [6, 6.07) is 0. The first-order valence-electron chi connectivity index (χ1n) is 5.06. The van der Waals surface area contributed by atoms with E-state index in [1.165, 1.54) is 32.1 Å². The van der Waals surface area contributed by atoms with Crippen LogP contribution in [0.15, 0.2) is 0 Å². The molecule has 0 radical (unpaired) electrons. The largest absolute Gasteiger partial charge is 0.368 e. The number of aliphatic hydroxyl groups is 2. The van der Waals surface area contributed by atoms with Gasteiger partial charge in [0.2, 0.25) is 0 Å². The van der Waals surface area contributed by atoms with Gasteiger partial charge in [0.1, 0.15) is 0 Å². The lowest BCUT2D eigenvalue weighted by Gasteiger charge is -2.25. The molecule has 0 bridgehead atoms. The third-order valence-electron chi connectivity index (χ3n) is 2.94. The van der Waals surface area contributed by atoms with Crippen LogP contribution in [0, 0.1) is 11.8 Å². The molecule has 2 N–H and O–H groups in total. The van der Waals surface area contributed by atoms with E-state index in [1.54, 1.807) is 0 Å². The summed E-state index contributed by atoms with van der Waals surface area (Å²) in [6.45, 7) is 1.92. The molecule has 0 aliphatic heterocycles. The van der Waals surface area contributed by atoms with Crippen LogP contribution in [0.5, 0.6) is 0 Å². The number of rotatable bonds is 3. The van der Waals surface area contributed by atoms with Crippen LogP contribution in [0.4, 0.5) is 0 Å². The fourth-order valence-electron chi connectivity index (χ4n) is 2.07. The molecule has 2 heteroatoms. The second-order valence-electron chi connectivity index (χ2n) is 4.13. The Morgan fingerprint density at radius 2 is 1.75 bits per heavy atom. The van der Waals surface area contributed by atoms with Crippen molar-refractivity contribution in [3.05, 3.63) is 0 Å². The number of aliphatic hydroxyl groups excluding tert-OH is 1. The Morgan fingerprint density at radius 3 is 2.25 bits per heavy atom. The van der Waals surface area contributed by atoms with Crippen LogP contribution in [0.25, 0.3) is 0 Å². The molecule has 2 nitrogen and oxygen atoms in total. The summed E-state index contributed by atoms with van der Waals surface area (Å²) in [5, 5.41) is 17.8. The van der Waals surface area contributed by atoms with Crippen LogP contribution < -0.4 is 0 Å². The van der Waals surface area contributed by atoms with Gasteiger partial charge in [-0.05, 0) is 12.3 Å². The molecule has 1 atom stereocenters. The van der Waals surface area contributed by atoms with Crippen molar-refractivity contribution >= 4 is 0 Å². The highest BCUT2D eigenvalue weighted by molar-refractivity contribution is 4.69. The van der Waals surface area contributed by atoms with E-state index in [0.29, 0.717) is 0 Å². The summed E-state index contributed by atoms with van der Waals surface area (Å²) >= 11 is 0. The van der Waals surface area contributed by atoms with E-state index < -0.39 is 6.29 Å². The fourth-order valence-corrected chi connectivity index (χ4v) is 2.07. The van der Waals surface area contributed by atoms with Crippen molar-refractivity contribution in [1.82, 2.24) is 0 Å². The van der Waals surface area contributed by atoms with Gasteiger partial charge in [-0.15, -0.1) is 0 Å². The molecule has 0 unspecified atom stereocenters. The second kappa shape index (κ2) is 4.83. The average Bonchev–Trinajstić information content (AvgIpc) is 2.06. The Kier molecular flexibility index (Phi) is 4.02. The molecular formula is C10H20O2. The lowest BCUT2D eigenvalue weighted by Crippen LogP contribution is -2.20. The highest BCUT2D eigenvalue weighted by atomic mass is 16.5. The summed E-state index contributed by atoms with van der Waals surface area (Å²) in [5.74, 6) is 0.795. The van der Waals surface area contributed by atoms with E-state index in [2.05, 4.69) is 0 Å². The summed E-state index contributed by atoms with van der Waals surface area (Å²) in [7, 11) is 0. The van der Waals surface area contributed by atoms with Gasteiger partial charge in [0.15, 0.2) is 6.29 Å². The summed E-state index contributed by atoms with van der Waals surface area (Å²) < 4.78 is 0. The van der Waals surface area contributed by atoms with Crippen LogP contribution in [0.3, 0.4) is 0 Å². The Morgan fingerprint density at radius 1 is 1.17 bits per heavy atom. The molecule has 1 rings (SSSR count). The maximum absolute atomic E-state index is 8.91. The molecule has 0 amide bonds. The van der Waals surface area contributed by atoms with Crippen LogP contribution in [0.1, 0.15) is 45.4 Å². The van der Waals surface area contributed by atoms with Crippen molar-refractivity contribution in [1.29, 1.82) is 0 Å². The molecule has 1 saturated carbocycles. The maximum atomic E-state index is 8.91. The van der Waals surface area contributed by atoms with Gasteiger partial charge in [-0.25, -0.2) is 0 Å². The van der Waals surface area contributed by atoms with Crippen molar-refractivity contribution in [3.63, 3.8) is 0 Å². The molecule has 1 fully saturated rings. The van der Waals surface area contributed by atoms with Crippen molar-refractivity contribution in [2.24, 2.45) is 11.8 Å². The van der Waals surface area contributed by atoms with Gasteiger partial charge >= 0.3 is 0 Å². The zero-order chi connectivity index (χ0) is 8.97. The summed E-state index contributed by atoms with van der Waals surface area (Å²) in [5.41, 5.74) is 0. The summed E-state index contributed by atoms with van der Waals surface area (Å²) in [6.07, 6.45) is 6.47. The predicted molar refractivity (Wildman–Crippen MR) is 48.6 cm³/mol. The van der Waals surface area contributed by atoms with Gasteiger partial charge in [-0.2, -0.15) is 0 Å². The minimum absolute atomic E-state index is 0.0492. The van der Waals surface area contributed by atoms with Crippen LogP contribution >= 0.6 is 0 Å². The van der Waals surface area contributed by atoms with Gasteiger partial charge in [0.25, 0.3) is 0 Å². The first-order chi connectivity index (χ1) is 5.70. The van der Waals surface area contributed by atoms with E-state index >= 15 is 0 Å². The molecule has 0 aromatic heterocycles. The Balaban J connectivity index is 2.20. The van der Waals surface area contributed by atoms with Crippen LogP contribution in [-0.2, 0) is 0 Å². The molecule has 0 spiro atoms. The topological polar surface area (TPSA) is 40.5 Å². The Labute approximate surface area is 74.6 Å². The van der Waals surface area contributed by atoms with Crippen molar-refractivity contribution in [2.45, 2.75) is 51.7 Å². The molecule has 0 heterocycles. The normalized spacial score (nSPS) is 23.0. The highest BCUT2D eigenvalue weighted by Crippen LogP contribution is 2.29. The standard InChI is InChI=1S/C10H20O2/c1-8(10(11)12)7-9-5-3-2-4-6-9/h8-12H,2-7H2,1H3/t8-/m0/s1. The third-order valence-corrected chi connectivity index (χ3v) is 2.94. The molecule has 72 valence electrons. The van der Waals surface area contributed by atoms with E-state index in [1.807, 2.05) is 6.92 Å². The average molecular weight is 172 g/mol. The van der Waals surface area contributed by atoms with Crippen molar-refractivity contribution < 1.29 is 10.2 Å². The minimum atomic E-state index is -1.12. The second-order valence-corrected chi connectivity index (χ2v) is 4.13. The van der Waals surface area contributed by atoms with Gasteiger partial charge in [0, 0.05) is 5.92 Å². The van der Waals surface area contributed by atoms with Crippen LogP contribution in [0.2, 0.25) is 0 Å². The van der Waals surface area contributed by atoms with Crippen molar-refractivity contribution in [2.75, 3.05) is 0 Å². The molecular weight excluding hydrogens is 152 g/mol. The smallest absolute Gasteiger partial charge is 0.154 e. The monoisotopic (exact) mass is 172 g/mol. The SMILES string of the molecule is C[C@@H](CC1CCCCC1)C(O)O. The first kappa shape index (κ1) is 10.0. The number of hydrogen-bond acceptors (Lipinski definition) is 2. The Bertz CT molecular complexity index is 117. The zero-order valence-corrected chi connectivity index (χ0v) is 7.87. The molecule has 0 aromatic carbocycles. The quantitative estimate of drug-likeness (QED) is 0.638. The van der Waals surface area contributed by atoms with E-state index in [4.69, 9.17) is 10.2 Å². The van der Waals surface area contributed by atoms with Gasteiger partial charge in [0.05, 0.1) is 0 Å². The summed E-state index contributed by atoms with van der Waals surface area (Å²) in [4.78, 5) is 0. The molecule has 1 aliphatic carbocycles. The lowest BCUT2D eigenvalue weighted by atomic mass is 9.83. The molecule has 0 aromatic rings. The van der Waals surface area contributed by atoms with E-state index in [0.717, 1.165) is 12.3 Å². The molecule has 12 heavy (non-hydrogen) atoms. The highest BCUT2D eigenvalue weighted by Gasteiger charge is 2.19. The van der Waals surface area contributed by atoms with Gasteiger partial charge < -0.3 is 10.2 Å². The van der Waals surface area contributed by atoms with Gasteiger partial charge in [-0.3, -0.25) is 0 Å². The third kappa shape index (κ3) is 3.11. The first-order valence-corrected chi connectivity index (χ1v) is 5.06. The van der Waals surface area contributed by atoms with Gasteiger partial charge in [-0.1, -0.05) is 39.0 Å². The predicted octanol–water partition coefficient (Wildman–Crippen LogP) is 1.90. The number of hydrogen-bond donors (Lipinski definition) is 2. The minimum Gasteiger partial charge on any atom is -0.368 e. The lowest BCUT2D eigenvalue weighted by molar-refractivity contribution is -0.0849. The van der Waals surface area contributed by atoms with Crippen molar-refractivity contribution in [3.8, 4) is 0 Å². The van der Waals surface area contributed by atoms with E-state index in [9.17, 15) is 0 Å². The van der Waals surface area contributed by atoms with E-state index in [-0.39, 0.29) is 5.92 Å². The maximum Gasteiger partial charge on any atom is 0.154 e. The fraction of sp³-hybridized carbons (Fsp3) is 1.00. The molecule has 1 aliphatic rings. The molecule has 0 saturated heterocycles. The zero-order valence-electron chi connectivity index (χ0n) is 7.87.